The number of thiophene rings is 1. The molecule has 0 bridgehead atoms. The Hall–Kier alpha value is -0.140. The number of rotatable bonds is 2. The summed E-state index contributed by atoms with van der Waals surface area (Å²) in [6.07, 6.45) is 2.10. The Morgan fingerprint density at radius 2 is 1.91 bits per heavy atom. The second-order valence-corrected chi connectivity index (χ2v) is 10.6. The monoisotopic (exact) mass is 364 g/mol. The molecule has 1 aromatic rings. The molecule has 2 N–H and O–H groups in total. The van der Waals surface area contributed by atoms with Crippen molar-refractivity contribution in [3.05, 3.63) is 17.0 Å². The average molecular weight is 365 g/mol. The average Bonchev–Trinajstić information content (AvgIpc) is 3.05. The summed E-state index contributed by atoms with van der Waals surface area (Å²) in [5.41, 5.74) is 6.09. The highest BCUT2D eigenvalue weighted by atomic mass is 35.5. The molecule has 0 radical (unpaired) electrons. The minimum atomic E-state index is -3.35. The van der Waals surface area contributed by atoms with Gasteiger partial charge in [-0.25, -0.2) is 8.42 Å². The summed E-state index contributed by atoms with van der Waals surface area (Å²) in [5.74, 6) is 0.804. The third-order valence-corrected chi connectivity index (χ3v) is 8.60. The second-order valence-electron chi connectivity index (χ2n) is 7.36. The smallest absolute Gasteiger partial charge is 0.252 e. The normalized spacial score (nSPS) is 29.4. The molecular formula is C15H25ClN2O2S2. The van der Waals surface area contributed by atoms with E-state index in [1.54, 1.807) is 10.4 Å². The predicted molar refractivity (Wildman–Crippen MR) is 93.2 cm³/mol. The summed E-state index contributed by atoms with van der Waals surface area (Å²) in [5, 5.41) is 0. The molecule has 7 heteroatoms. The lowest BCUT2D eigenvalue weighted by Crippen LogP contribution is -2.33. The van der Waals surface area contributed by atoms with E-state index in [9.17, 15) is 8.42 Å². The summed E-state index contributed by atoms with van der Waals surface area (Å²) in [4.78, 5) is 1.11. The molecule has 1 aliphatic heterocycles. The van der Waals surface area contributed by atoms with Gasteiger partial charge in [-0.1, -0.05) is 20.8 Å². The van der Waals surface area contributed by atoms with E-state index in [0.717, 1.165) is 17.7 Å². The number of hydrogen-bond acceptors (Lipinski definition) is 4. The van der Waals surface area contributed by atoms with Crippen molar-refractivity contribution in [2.45, 2.75) is 49.3 Å². The van der Waals surface area contributed by atoms with Crippen molar-refractivity contribution >= 4 is 33.8 Å². The van der Waals surface area contributed by atoms with Crippen LogP contribution in [0, 0.1) is 11.8 Å². The number of halogens is 1. The molecule has 0 amide bonds. The van der Waals surface area contributed by atoms with E-state index in [4.69, 9.17) is 5.73 Å². The van der Waals surface area contributed by atoms with Gasteiger partial charge in [0.05, 0.1) is 0 Å². The van der Waals surface area contributed by atoms with Gasteiger partial charge in [-0.2, -0.15) is 4.31 Å². The lowest BCUT2D eigenvalue weighted by Gasteiger charge is -2.18. The van der Waals surface area contributed by atoms with E-state index in [1.807, 2.05) is 6.07 Å². The molecule has 0 aromatic carbocycles. The predicted octanol–water partition coefficient (Wildman–Crippen LogP) is 2.83. The standard InChI is InChI=1S/C15H24N2O2S2.ClH/c1-15(2,3)13-6-7-14(20-13)21(18,19)17-8-10-4-5-12(16)11(10)9-17;/h6-7,10-12H,4-5,8-9,16H2,1-3H3;1H. The molecule has 0 spiro atoms. The van der Waals surface area contributed by atoms with Crippen LogP contribution in [0.5, 0.6) is 0 Å². The quantitative estimate of drug-likeness (QED) is 0.877. The Kier molecular flexibility index (Phi) is 5.01. The maximum Gasteiger partial charge on any atom is 0.252 e. The van der Waals surface area contributed by atoms with Gasteiger partial charge < -0.3 is 5.73 Å². The molecule has 2 heterocycles. The van der Waals surface area contributed by atoms with Gasteiger partial charge >= 0.3 is 0 Å². The minimum absolute atomic E-state index is 0. The third-order valence-electron chi connectivity index (χ3n) is 4.79. The highest BCUT2D eigenvalue weighted by Crippen LogP contribution is 2.40. The largest absolute Gasteiger partial charge is 0.327 e. The van der Waals surface area contributed by atoms with Gasteiger partial charge in [0.2, 0.25) is 0 Å². The molecule has 126 valence electrons. The molecule has 2 fully saturated rings. The van der Waals surface area contributed by atoms with Gasteiger partial charge in [0, 0.05) is 24.0 Å². The van der Waals surface area contributed by atoms with Crippen LogP contribution in [0.4, 0.5) is 0 Å². The van der Waals surface area contributed by atoms with Crippen LogP contribution in [0.3, 0.4) is 0 Å². The second kappa shape index (κ2) is 6.06. The van der Waals surface area contributed by atoms with E-state index < -0.39 is 10.0 Å². The van der Waals surface area contributed by atoms with Gasteiger partial charge in [0.15, 0.2) is 0 Å². The molecule has 1 aromatic heterocycles. The zero-order valence-electron chi connectivity index (χ0n) is 13.3. The Labute approximate surface area is 143 Å². The van der Waals surface area contributed by atoms with E-state index >= 15 is 0 Å². The highest BCUT2D eigenvalue weighted by molar-refractivity contribution is 7.91. The zero-order chi connectivity index (χ0) is 15.4. The maximum absolute atomic E-state index is 12.8. The summed E-state index contributed by atoms with van der Waals surface area (Å²) in [7, 11) is -3.35. The van der Waals surface area contributed by atoms with Crippen molar-refractivity contribution in [1.82, 2.24) is 4.31 Å². The van der Waals surface area contributed by atoms with Gasteiger partial charge in [0.1, 0.15) is 4.21 Å². The van der Waals surface area contributed by atoms with Crippen LogP contribution in [0.2, 0.25) is 0 Å². The van der Waals surface area contributed by atoms with Crippen molar-refractivity contribution < 1.29 is 8.42 Å². The van der Waals surface area contributed by atoms with E-state index in [0.29, 0.717) is 29.1 Å². The first-order chi connectivity index (χ1) is 9.69. The molecular weight excluding hydrogens is 340 g/mol. The van der Waals surface area contributed by atoms with E-state index in [2.05, 4.69) is 20.8 Å². The molecule has 1 saturated carbocycles. The first-order valence-electron chi connectivity index (χ1n) is 7.55. The van der Waals surface area contributed by atoms with Crippen LogP contribution in [0.25, 0.3) is 0 Å². The number of hydrogen-bond donors (Lipinski definition) is 1. The first-order valence-corrected chi connectivity index (χ1v) is 9.81. The number of nitrogens with zero attached hydrogens (tertiary/aromatic N) is 1. The van der Waals surface area contributed by atoms with Crippen LogP contribution in [0.1, 0.15) is 38.5 Å². The molecule has 3 unspecified atom stereocenters. The maximum atomic E-state index is 12.8. The number of nitrogens with two attached hydrogens (primary N) is 1. The fourth-order valence-electron chi connectivity index (χ4n) is 3.45. The fraction of sp³-hybridized carbons (Fsp3) is 0.733. The molecule has 4 nitrogen and oxygen atoms in total. The van der Waals surface area contributed by atoms with Crippen LogP contribution in [-0.4, -0.2) is 31.9 Å². The van der Waals surface area contributed by atoms with E-state index in [1.165, 1.54) is 11.3 Å². The van der Waals surface area contributed by atoms with Gasteiger partial charge in [-0.15, -0.1) is 23.7 Å². The van der Waals surface area contributed by atoms with Gasteiger partial charge in [0.25, 0.3) is 10.0 Å². The zero-order valence-corrected chi connectivity index (χ0v) is 15.7. The summed E-state index contributed by atoms with van der Waals surface area (Å²) >= 11 is 1.40. The van der Waals surface area contributed by atoms with Crippen LogP contribution < -0.4 is 5.73 Å². The Balaban J connectivity index is 0.00000176. The lowest BCUT2D eigenvalue weighted by atomic mass is 9.95. The Morgan fingerprint density at radius 3 is 2.45 bits per heavy atom. The van der Waals surface area contributed by atoms with Gasteiger partial charge in [-0.05, 0) is 42.2 Å². The first kappa shape index (κ1) is 18.2. The van der Waals surface area contributed by atoms with Crippen molar-refractivity contribution in [3.63, 3.8) is 0 Å². The number of fused-ring (bicyclic) bond motifs is 1. The van der Waals surface area contributed by atoms with E-state index in [-0.39, 0.29) is 23.9 Å². The van der Waals surface area contributed by atoms with Crippen molar-refractivity contribution in [2.24, 2.45) is 17.6 Å². The third kappa shape index (κ3) is 3.08. The SMILES string of the molecule is CC(C)(C)c1ccc(S(=O)(=O)N2CC3CCC(N)C3C2)s1.Cl. The van der Waals surface area contributed by atoms with Crippen molar-refractivity contribution in [3.8, 4) is 0 Å². The molecule has 3 atom stereocenters. The Bertz CT molecular complexity index is 636. The Morgan fingerprint density at radius 1 is 1.23 bits per heavy atom. The molecule has 22 heavy (non-hydrogen) atoms. The molecule has 1 aliphatic carbocycles. The molecule has 3 rings (SSSR count). The highest BCUT2D eigenvalue weighted by Gasteiger charge is 2.45. The topological polar surface area (TPSA) is 63.4 Å². The molecule has 2 aliphatic rings. The summed E-state index contributed by atoms with van der Waals surface area (Å²) in [6, 6.07) is 3.87. The van der Waals surface area contributed by atoms with Crippen molar-refractivity contribution in [2.75, 3.05) is 13.1 Å². The van der Waals surface area contributed by atoms with Crippen LogP contribution in [0.15, 0.2) is 16.3 Å². The summed E-state index contributed by atoms with van der Waals surface area (Å²) in [6.45, 7) is 7.55. The minimum Gasteiger partial charge on any atom is -0.327 e. The van der Waals surface area contributed by atoms with Crippen LogP contribution >= 0.6 is 23.7 Å². The number of sulfonamides is 1. The van der Waals surface area contributed by atoms with Gasteiger partial charge in [-0.3, -0.25) is 0 Å². The summed E-state index contributed by atoms with van der Waals surface area (Å²) < 4.78 is 27.7. The molecule has 1 saturated heterocycles. The van der Waals surface area contributed by atoms with Crippen molar-refractivity contribution in [1.29, 1.82) is 0 Å². The van der Waals surface area contributed by atoms with Crippen LogP contribution in [-0.2, 0) is 15.4 Å². The lowest BCUT2D eigenvalue weighted by molar-refractivity contribution is 0.428. The fourth-order valence-corrected chi connectivity index (χ4v) is 6.50.